The summed E-state index contributed by atoms with van der Waals surface area (Å²) in [6.07, 6.45) is 0.195. The van der Waals surface area contributed by atoms with E-state index in [1.54, 1.807) is 11.0 Å². The Bertz CT molecular complexity index is 699. The lowest BCUT2D eigenvalue weighted by molar-refractivity contribution is -0.131. The summed E-state index contributed by atoms with van der Waals surface area (Å²) in [6.45, 7) is 6.11. The molecule has 1 aliphatic heterocycles. The van der Waals surface area contributed by atoms with Crippen molar-refractivity contribution in [2.24, 2.45) is 0 Å². The second kappa shape index (κ2) is 6.07. The Kier molecular flexibility index (Phi) is 4.66. The highest BCUT2D eigenvalue weighted by Gasteiger charge is 2.37. The second-order valence-electron chi connectivity index (χ2n) is 6.52. The standard InChI is InChI=1S/C15H20F2N2O3S/c1-15(2,3)19-9-10(8-13(19)20)18-11-6-4-5-7-12(11)23(21,22)14(16)17/h4-7,10,14,18H,8-9H2,1-3H3. The highest BCUT2D eigenvalue weighted by molar-refractivity contribution is 7.91. The largest absolute Gasteiger partial charge is 0.379 e. The van der Waals surface area contributed by atoms with Gasteiger partial charge in [0.2, 0.25) is 15.7 Å². The fourth-order valence-electron chi connectivity index (χ4n) is 2.60. The molecule has 1 amide bonds. The molecule has 0 spiro atoms. The summed E-state index contributed by atoms with van der Waals surface area (Å²) < 4.78 is 49.1. The minimum atomic E-state index is -4.70. The molecule has 8 heteroatoms. The minimum absolute atomic E-state index is 0.0517. The second-order valence-corrected chi connectivity index (χ2v) is 8.41. The first kappa shape index (κ1) is 17.7. The third-order valence-electron chi connectivity index (χ3n) is 3.72. The van der Waals surface area contributed by atoms with E-state index in [1.165, 1.54) is 12.1 Å². The summed E-state index contributed by atoms with van der Waals surface area (Å²) in [4.78, 5) is 13.3. The van der Waals surface area contributed by atoms with Gasteiger partial charge < -0.3 is 10.2 Å². The molecule has 1 fully saturated rings. The van der Waals surface area contributed by atoms with Crippen molar-refractivity contribution in [2.75, 3.05) is 11.9 Å². The first-order valence-electron chi connectivity index (χ1n) is 7.21. The normalized spacial score (nSPS) is 19.5. The van der Waals surface area contributed by atoms with Crippen LogP contribution in [0.5, 0.6) is 0 Å². The molecule has 23 heavy (non-hydrogen) atoms. The van der Waals surface area contributed by atoms with Gasteiger partial charge in [0.25, 0.3) is 0 Å². The number of nitrogens with one attached hydrogen (secondary N) is 1. The van der Waals surface area contributed by atoms with Gasteiger partial charge in [-0.1, -0.05) is 12.1 Å². The van der Waals surface area contributed by atoms with Crippen LogP contribution in [0, 0.1) is 0 Å². The van der Waals surface area contributed by atoms with Crippen LogP contribution in [-0.2, 0) is 14.6 Å². The van der Waals surface area contributed by atoms with Crippen LogP contribution in [0.15, 0.2) is 29.2 Å². The molecule has 0 bridgehead atoms. The molecule has 5 nitrogen and oxygen atoms in total. The summed E-state index contributed by atoms with van der Waals surface area (Å²) in [5.74, 6) is -3.54. The lowest BCUT2D eigenvalue weighted by Crippen LogP contribution is -2.43. The van der Waals surface area contributed by atoms with Crippen LogP contribution in [0.2, 0.25) is 0 Å². The van der Waals surface area contributed by atoms with Crippen molar-refractivity contribution in [2.45, 2.75) is 49.4 Å². The Labute approximate surface area is 134 Å². The van der Waals surface area contributed by atoms with E-state index in [0.29, 0.717) is 6.54 Å². The molecule has 0 saturated carbocycles. The summed E-state index contributed by atoms with van der Waals surface area (Å²) in [6, 6.07) is 5.20. The van der Waals surface area contributed by atoms with E-state index in [2.05, 4.69) is 5.32 Å². The van der Waals surface area contributed by atoms with Crippen LogP contribution in [0.25, 0.3) is 0 Å². The summed E-state index contributed by atoms with van der Waals surface area (Å²) in [5, 5.41) is 2.93. The highest BCUT2D eigenvalue weighted by Crippen LogP contribution is 2.29. The van der Waals surface area contributed by atoms with Gasteiger partial charge in [-0.3, -0.25) is 4.79 Å². The van der Waals surface area contributed by atoms with E-state index < -0.39 is 20.5 Å². The molecule has 0 radical (unpaired) electrons. The molecule has 1 N–H and O–H groups in total. The van der Waals surface area contributed by atoms with Gasteiger partial charge in [-0.05, 0) is 32.9 Å². The fourth-order valence-corrected chi connectivity index (χ4v) is 3.50. The minimum Gasteiger partial charge on any atom is -0.379 e. The number of carbonyl (C=O) groups excluding carboxylic acids is 1. The van der Waals surface area contributed by atoms with Gasteiger partial charge in [0.1, 0.15) is 0 Å². The van der Waals surface area contributed by atoms with Crippen LogP contribution >= 0.6 is 0 Å². The smallest absolute Gasteiger partial charge is 0.341 e. The van der Waals surface area contributed by atoms with Crippen LogP contribution < -0.4 is 5.32 Å². The number of alkyl halides is 2. The molecule has 0 aliphatic carbocycles. The SMILES string of the molecule is CC(C)(C)N1CC(Nc2ccccc2S(=O)(=O)C(F)F)CC1=O. The van der Waals surface area contributed by atoms with Gasteiger partial charge in [0.05, 0.1) is 16.6 Å². The van der Waals surface area contributed by atoms with Gasteiger partial charge in [-0.2, -0.15) is 8.78 Å². The van der Waals surface area contributed by atoms with Crippen LogP contribution in [-0.4, -0.2) is 43.1 Å². The number of hydrogen-bond acceptors (Lipinski definition) is 4. The number of para-hydroxylation sites is 1. The highest BCUT2D eigenvalue weighted by atomic mass is 32.2. The Morgan fingerprint density at radius 1 is 1.26 bits per heavy atom. The van der Waals surface area contributed by atoms with Gasteiger partial charge in [-0.15, -0.1) is 0 Å². The van der Waals surface area contributed by atoms with Gasteiger partial charge in [0, 0.05) is 18.5 Å². The van der Waals surface area contributed by atoms with Gasteiger partial charge in [-0.25, -0.2) is 8.42 Å². The number of likely N-dealkylation sites (tertiary alicyclic amines) is 1. The number of rotatable bonds is 4. The Hall–Kier alpha value is -1.70. The molecule has 1 saturated heterocycles. The van der Waals surface area contributed by atoms with Crippen molar-refractivity contribution in [1.29, 1.82) is 0 Å². The molecular formula is C15H20F2N2O3S. The zero-order valence-corrected chi connectivity index (χ0v) is 14.0. The topological polar surface area (TPSA) is 66.5 Å². The number of carbonyl (C=O) groups is 1. The maximum atomic E-state index is 12.8. The number of sulfone groups is 1. The van der Waals surface area contributed by atoms with Crippen molar-refractivity contribution in [1.82, 2.24) is 4.90 Å². The number of benzene rings is 1. The number of anilines is 1. The molecule has 128 valence electrons. The van der Waals surface area contributed by atoms with Gasteiger partial charge in [0.15, 0.2) is 0 Å². The van der Waals surface area contributed by atoms with E-state index >= 15 is 0 Å². The van der Waals surface area contributed by atoms with Crippen LogP contribution in [0.3, 0.4) is 0 Å². The van der Waals surface area contributed by atoms with Crippen molar-refractivity contribution in [3.05, 3.63) is 24.3 Å². The monoisotopic (exact) mass is 346 g/mol. The van der Waals surface area contributed by atoms with Gasteiger partial charge >= 0.3 is 5.76 Å². The van der Waals surface area contributed by atoms with E-state index in [9.17, 15) is 22.0 Å². The van der Waals surface area contributed by atoms with E-state index in [-0.39, 0.29) is 29.6 Å². The lowest BCUT2D eigenvalue weighted by Gasteiger charge is -2.32. The van der Waals surface area contributed by atoms with Crippen LogP contribution in [0.1, 0.15) is 27.2 Å². The van der Waals surface area contributed by atoms with Crippen LogP contribution in [0.4, 0.5) is 14.5 Å². The van der Waals surface area contributed by atoms with E-state index in [0.717, 1.165) is 6.07 Å². The number of hydrogen-bond donors (Lipinski definition) is 1. The lowest BCUT2D eigenvalue weighted by atomic mass is 10.1. The molecule has 1 atom stereocenters. The number of nitrogens with zero attached hydrogens (tertiary/aromatic N) is 1. The molecule has 0 aromatic heterocycles. The molecule has 1 unspecified atom stereocenters. The predicted octanol–water partition coefficient (Wildman–Crippen LogP) is 2.49. The summed E-state index contributed by atoms with van der Waals surface area (Å²) in [5.41, 5.74) is -0.247. The Balaban J connectivity index is 2.25. The summed E-state index contributed by atoms with van der Waals surface area (Å²) in [7, 11) is -4.70. The predicted molar refractivity (Wildman–Crippen MR) is 83.1 cm³/mol. The Morgan fingerprint density at radius 3 is 2.39 bits per heavy atom. The van der Waals surface area contributed by atoms with E-state index in [4.69, 9.17) is 0 Å². The van der Waals surface area contributed by atoms with Crippen molar-refractivity contribution < 1.29 is 22.0 Å². The molecule has 1 aromatic rings. The molecule has 1 aliphatic rings. The average Bonchev–Trinajstić information content (AvgIpc) is 2.80. The van der Waals surface area contributed by atoms with Crippen molar-refractivity contribution in [3.63, 3.8) is 0 Å². The molecular weight excluding hydrogens is 326 g/mol. The van der Waals surface area contributed by atoms with E-state index in [1.807, 2.05) is 20.8 Å². The Morgan fingerprint density at radius 2 is 1.87 bits per heavy atom. The fraction of sp³-hybridized carbons (Fsp3) is 0.533. The number of halogens is 2. The number of amides is 1. The maximum absolute atomic E-state index is 12.8. The zero-order chi connectivity index (χ0) is 17.4. The first-order chi connectivity index (χ1) is 10.5. The average molecular weight is 346 g/mol. The van der Waals surface area contributed by atoms with Crippen molar-refractivity contribution >= 4 is 21.4 Å². The third-order valence-corrected chi connectivity index (χ3v) is 5.16. The third kappa shape index (κ3) is 3.63. The van der Waals surface area contributed by atoms with Crippen molar-refractivity contribution in [3.8, 4) is 0 Å². The molecule has 1 heterocycles. The zero-order valence-electron chi connectivity index (χ0n) is 13.2. The quantitative estimate of drug-likeness (QED) is 0.910. The molecule has 2 rings (SSSR count). The molecule has 1 aromatic carbocycles. The first-order valence-corrected chi connectivity index (χ1v) is 8.76. The summed E-state index contributed by atoms with van der Waals surface area (Å²) >= 11 is 0. The maximum Gasteiger partial charge on any atom is 0.341 e.